The minimum atomic E-state index is -0.246. The first-order valence-corrected chi connectivity index (χ1v) is 10.9. The molecule has 158 valence electrons. The van der Waals surface area contributed by atoms with Crippen LogP contribution in [-0.4, -0.2) is 74.5 Å². The summed E-state index contributed by atoms with van der Waals surface area (Å²) in [6.45, 7) is 5.33. The lowest BCUT2D eigenvalue weighted by molar-refractivity contribution is -0.00516. The molecule has 1 N–H and O–H groups in total. The van der Waals surface area contributed by atoms with Crippen LogP contribution in [0.4, 0.5) is 0 Å². The first-order valence-electron chi connectivity index (χ1n) is 10.9. The van der Waals surface area contributed by atoms with Crippen molar-refractivity contribution in [3.63, 3.8) is 0 Å². The number of hydrogen-bond acceptors (Lipinski definition) is 6. The molecule has 0 bridgehead atoms. The third-order valence-corrected chi connectivity index (χ3v) is 7.02. The maximum Gasteiger partial charge on any atom is 0.254 e. The topological polar surface area (TPSA) is 72.9 Å². The predicted molar refractivity (Wildman–Crippen MR) is 107 cm³/mol. The highest BCUT2D eigenvalue weighted by molar-refractivity contribution is 5.95. The highest BCUT2D eigenvalue weighted by Gasteiger charge is 2.51. The second kappa shape index (κ2) is 7.85. The van der Waals surface area contributed by atoms with Gasteiger partial charge < -0.3 is 24.4 Å². The number of hydrogen-bond donors (Lipinski definition) is 1. The molecular formula is C22H31N3O4. The van der Waals surface area contributed by atoms with Crippen LogP contribution in [0.15, 0.2) is 12.1 Å². The third-order valence-electron chi connectivity index (χ3n) is 7.02. The van der Waals surface area contributed by atoms with Crippen molar-refractivity contribution in [1.29, 1.82) is 0 Å². The fourth-order valence-corrected chi connectivity index (χ4v) is 4.93. The number of likely N-dealkylation sites (tertiary alicyclic amines) is 1. The standard InChI is InChI=1S/C22H31N3O4/c1-27-22-13-23-10-18(22)11-25(14-22)21(26)17-8-19(16-2-3-16)24-20(9-17)29-12-15-4-6-28-7-5-15/h8-9,15-16,18,23H,2-7,10-14H2,1H3/t18-,22+/m1/s1. The van der Waals surface area contributed by atoms with Gasteiger partial charge in [-0.15, -0.1) is 0 Å². The predicted octanol–water partition coefficient (Wildman–Crippen LogP) is 1.82. The summed E-state index contributed by atoms with van der Waals surface area (Å²) >= 11 is 0. The summed E-state index contributed by atoms with van der Waals surface area (Å²) < 4.78 is 17.3. The first kappa shape index (κ1) is 19.3. The molecule has 0 unspecified atom stereocenters. The van der Waals surface area contributed by atoms with Gasteiger partial charge in [-0.05, 0) is 37.7 Å². The van der Waals surface area contributed by atoms with E-state index < -0.39 is 0 Å². The molecule has 5 rings (SSSR count). The summed E-state index contributed by atoms with van der Waals surface area (Å²) in [6, 6.07) is 3.81. The summed E-state index contributed by atoms with van der Waals surface area (Å²) in [5.41, 5.74) is 1.45. The van der Waals surface area contributed by atoms with Gasteiger partial charge in [-0.25, -0.2) is 4.98 Å². The molecular weight excluding hydrogens is 370 g/mol. The van der Waals surface area contributed by atoms with Crippen LogP contribution in [0.1, 0.15) is 47.7 Å². The molecule has 1 aromatic rings. The highest BCUT2D eigenvalue weighted by Crippen LogP contribution is 2.40. The van der Waals surface area contributed by atoms with E-state index in [9.17, 15) is 4.79 Å². The summed E-state index contributed by atoms with van der Waals surface area (Å²) in [4.78, 5) is 20.0. The molecule has 29 heavy (non-hydrogen) atoms. The van der Waals surface area contributed by atoms with Gasteiger partial charge in [-0.3, -0.25) is 4.79 Å². The second-order valence-corrected chi connectivity index (χ2v) is 9.04. The molecule has 0 aromatic carbocycles. The Hall–Kier alpha value is -1.70. The van der Waals surface area contributed by atoms with Crippen LogP contribution in [-0.2, 0) is 9.47 Å². The average molecular weight is 402 g/mol. The van der Waals surface area contributed by atoms with Gasteiger partial charge in [0, 0.05) is 69.1 Å². The Morgan fingerprint density at radius 1 is 1.31 bits per heavy atom. The van der Waals surface area contributed by atoms with Gasteiger partial charge in [0.1, 0.15) is 5.60 Å². The molecule has 3 saturated heterocycles. The Morgan fingerprint density at radius 2 is 2.14 bits per heavy atom. The van der Waals surface area contributed by atoms with E-state index in [1.54, 1.807) is 7.11 Å². The number of rotatable bonds is 6. The van der Waals surface area contributed by atoms with Crippen molar-refractivity contribution in [2.24, 2.45) is 11.8 Å². The smallest absolute Gasteiger partial charge is 0.254 e. The molecule has 4 heterocycles. The van der Waals surface area contributed by atoms with Gasteiger partial charge in [-0.2, -0.15) is 0 Å². The number of carbonyl (C=O) groups excluding carboxylic acids is 1. The van der Waals surface area contributed by atoms with Crippen molar-refractivity contribution in [2.45, 2.75) is 37.2 Å². The molecule has 4 fully saturated rings. The molecule has 1 aliphatic carbocycles. The van der Waals surface area contributed by atoms with Crippen LogP contribution < -0.4 is 10.1 Å². The number of ether oxygens (including phenoxy) is 3. The van der Waals surface area contributed by atoms with E-state index in [0.717, 1.165) is 64.2 Å². The third kappa shape index (κ3) is 3.88. The zero-order valence-corrected chi connectivity index (χ0v) is 17.2. The molecule has 3 aliphatic heterocycles. The van der Waals surface area contributed by atoms with Crippen LogP contribution in [0.25, 0.3) is 0 Å². The summed E-state index contributed by atoms with van der Waals surface area (Å²) in [5.74, 6) is 1.98. The van der Waals surface area contributed by atoms with E-state index in [1.807, 2.05) is 17.0 Å². The molecule has 7 nitrogen and oxygen atoms in total. The molecule has 7 heteroatoms. The minimum absolute atomic E-state index is 0.0658. The largest absolute Gasteiger partial charge is 0.477 e. The number of aromatic nitrogens is 1. The lowest BCUT2D eigenvalue weighted by Gasteiger charge is -2.26. The SMILES string of the molecule is CO[C@]12CNC[C@@H]1CN(C(=O)c1cc(OCC3CCOCC3)nc(C3CC3)c1)C2. The fraction of sp³-hybridized carbons (Fsp3) is 0.727. The Balaban J connectivity index is 1.32. The van der Waals surface area contributed by atoms with E-state index in [-0.39, 0.29) is 11.5 Å². The summed E-state index contributed by atoms with van der Waals surface area (Å²) in [5, 5.41) is 3.40. The van der Waals surface area contributed by atoms with Crippen molar-refractivity contribution in [3.05, 3.63) is 23.4 Å². The molecule has 1 amide bonds. The highest BCUT2D eigenvalue weighted by atomic mass is 16.5. The average Bonchev–Trinajstić information content (AvgIpc) is 3.44. The number of methoxy groups -OCH3 is 1. The monoisotopic (exact) mass is 401 g/mol. The Labute approximate surface area is 172 Å². The van der Waals surface area contributed by atoms with Gasteiger partial charge in [-0.1, -0.05) is 0 Å². The van der Waals surface area contributed by atoms with E-state index in [1.165, 1.54) is 0 Å². The van der Waals surface area contributed by atoms with Crippen molar-refractivity contribution in [1.82, 2.24) is 15.2 Å². The first-order chi connectivity index (χ1) is 14.2. The lowest BCUT2D eigenvalue weighted by Crippen LogP contribution is -2.42. The van der Waals surface area contributed by atoms with Crippen molar-refractivity contribution < 1.29 is 19.0 Å². The lowest BCUT2D eigenvalue weighted by atomic mass is 9.95. The van der Waals surface area contributed by atoms with Crippen LogP contribution in [0.5, 0.6) is 5.88 Å². The van der Waals surface area contributed by atoms with E-state index in [4.69, 9.17) is 19.2 Å². The molecule has 1 saturated carbocycles. The zero-order chi connectivity index (χ0) is 19.8. The Morgan fingerprint density at radius 3 is 2.86 bits per heavy atom. The van der Waals surface area contributed by atoms with Gasteiger partial charge in [0.25, 0.3) is 5.91 Å². The van der Waals surface area contributed by atoms with Gasteiger partial charge in [0.05, 0.1) is 13.2 Å². The Bertz CT molecular complexity index is 762. The summed E-state index contributed by atoms with van der Waals surface area (Å²) in [7, 11) is 1.76. The zero-order valence-electron chi connectivity index (χ0n) is 17.2. The number of nitrogens with one attached hydrogen (secondary N) is 1. The summed E-state index contributed by atoms with van der Waals surface area (Å²) in [6.07, 6.45) is 4.34. The fourth-order valence-electron chi connectivity index (χ4n) is 4.93. The minimum Gasteiger partial charge on any atom is -0.477 e. The van der Waals surface area contributed by atoms with Crippen molar-refractivity contribution in [3.8, 4) is 5.88 Å². The van der Waals surface area contributed by atoms with Gasteiger partial charge >= 0.3 is 0 Å². The normalized spacial score (nSPS) is 29.8. The molecule has 0 radical (unpaired) electrons. The van der Waals surface area contributed by atoms with E-state index in [0.29, 0.717) is 42.3 Å². The molecule has 1 aromatic heterocycles. The number of amides is 1. The van der Waals surface area contributed by atoms with Crippen LogP contribution in [0, 0.1) is 11.8 Å². The van der Waals surface area contributed by atoms with E-state index >= 15 is 0 Å². The molecule has 2 atom stereocenters. The van der Waals surface area contributed by atoms with Gasteiger partial charge in [0.2, 0.25) is 5.88 Å². The molecule has 0 spiro atoms. The van der Waals surface area contributed by atoms with Crippen molar-refractivity contribution >= 4 is 5.91 Å². The maximum atomic E-state index is 13.3. The molecule has 4 aliphatic rings. The van der Waals surface area contributed by atoms with Crippen molar-refractivity contribution in [2.75, 3.05) is 53.1 Å². The van der Waals surface area contributed by atoms with E-state index in [2.05, 4.69) is 5.32 Å². The second-order valence-electron chi connectivity index (χ2n) is 9.04. The van der Waals surface area contributed by atoms with Crippen LogP contribution in [0.3, 0.4) is 0 Å². The van der Waals surface area contributed by atoms with Gasteiger partial charge in [0.15, 0.2) is 0 Å². The number of pyridine rings is 1. The number of nitrogens with zero attached hydrogens (tertiary/aromatic N) is 2. The quantitative estimate of drug-likeness (QED) is 0.784. The van der Waals surface area contributed by atoms with Crippen LogP contribution >= 0.6 is 0 Å². The van der Waals surface area contributed by atoms with Crippen LogP contribution in [0.2, 0.25) is 0 Å². The number of carbonyl (C=O) groups is 1. The maximum absolute atomic E-state index is 13.3. The number of fused-ring (bicyclic) bond motifs is 1. The Kier molecular flexibility index (Phi) is 5.22.